The van der Waals surface area contributed by atoms with E-state index in [-0.39, 0.29) is 18.4 Å². The van der Waals surface area contributed by atoms with Crippen LogP contribution in [0.15, 0.2) is 12.2 Å². The Morgan fingerprint density at radius 1 is 0.852 bits per heavy atom. The highest BCUT2D eigenvalue weighted by Gasteiger charge is 2.38. The average Bonchev–Trinajstić information content (AvgIpc) is 2.66. The molecular weight excluding hydrogens is 348 g/mol. The van der Waals surface area contributed by atoms with Gasteiger partial charge in [0, 0.05) is 6.42 Å². The van der Waals surface area contributed by atoms with Crippen LogP contribution in [0.2, 0.25) is 0 Å². The summed E-state index contributed by atoms with van der Waals surface area (Å²) in [6.07, 6.45) is 8.25. The molecule has 0 aromatic rings. The maximum Gasteiger partial charge on any atom is 0.313 e. The quantitative estimate of drug-likeness (QED) is 0.220. The van der Waals surface area contributed by atoms with E-state index in [0.29, 0.717) is 19.6 Å². The van der Waals surface area contributed by atoms with E-state index in [1.54, 1.807) is 12.2 Å². The van der Waals surface area contributed by atoms with Crippen molar-refractivity contribution >= 4 is 17.9 Å². The molecule has 0 aromatic heterocycles. The second kappa shape index (κ2) is 13.3. The summed E-state index contributed by atoms with van der Waals surface area (Å²) in [7, 11) is 0. The number of ether oxygens (including phenoxy) is 3. The van der Waals surface area contributed by atoms with E-state index >= 15 is 0 Å². The molecule has 0 N–H and O–H groups in total. The van der Waals surface area contributed by atoms with Crippen LogP contribution in [-0.2, 0) is 28.6 Å². The number of hydrogen-bond donors (Lipinski definition) is 0. The molecule has 0 fully saturated rings. The van der Waals surface area contributed by atoms with Crippen molar-refractivity contribution in [3.63, 3.8) is 0 Å². The van der Waals surface area contributed by atoms with Gasteiger partial charge in [0.25, 0.3) is 0 Å². The lowest BCUT2D eigenvalue weighted by atomic mass is 9.84. The molecule has 0 aromatic carbocycles. The Morgan fingerprint density at radius 2 is 1.44 bits per heavy atom. The Labute approximate surface area is 162 Å². The topological polar surface area (TPSA) is 78.9 Å². The van der Waals surface area contributed by atoms with Crippen molar-refractivity contribution < 1.29 is 28.6 Å². The van der Waals surface area contributed by atoms with Crippen molar-refractivity contribution in [3.05, 3.63) is 12.2 Å². The van der Waals surface area contributed by atoms with Gasteiger partial charge < -0.3 is 14.2 Å². The summed E-state index contributed by atoms with van der Waals surface area (Å²) in [6, 6.07) is 0. The fourth-order valence-corrected chi connectivity index (χ4v) is 2.77. The Kier molecular flexibility index (Phi) is 11.5. The first kappa shape index (κ1) is 23.2. The first-order valence-corrected chi connectivity index (χ1v) is 10.2. The molecular formula is C21H34O6. The first-order valence-electron chi connectivity index (χ1n) is 10.2. The molecule has 0 heterocycles. The van der Waals surface area contributed by atoms with Crippen molar-refractivity contribution in [2.75, 3.05) is 13.2 Å². The summed E-state index contributed by atoms with van der Waals surface area (Å²) in [6.45, 7) is 6.74. The molecule has 0 aliphatic heterocycles. The third kappa shape index (κ3) is 8.59. The van der Waals surface area contributed by atoms with Gasteiger partial charge in [0.1, 0.15) is 6.10 Å². The van der Waals surface area contributed by atoms with Crippen molar-refractivity contribution in [2.45, 2.75) is 78.2 Å². The Balaban J connectivity index is 2.75. The van der Waals surface area contributed by atoms with Crippen molar-refractivity contribution in [3.8, 4) is 0 Å². The fourth-order valence-electron chi connectivity index (χ4n) is 2.77. The molecule has 0 amide bonds. The van der Waals surface area contributed by atoms with Gasteiger partial charge >= 0.3 is 17.9 Å². The zero-order chi connectivity index (χ0) is 20.1. The van der Waals surface area contributed by atoms with Crippen LogP contribution >= 0.6 is 0 Å². The molecule has 27 heavy (non-hydrogen) atoms. The van der Waals surface area contributed by atoms with Crippen LogP contribution in [0, 0.1) is 11.8 Å². The highest BCUT2D eigenvalue weighted by Crippen LogP contribution is 2.29. The molecule has 6 nitrogen and oxygen atoms in total. The smallest absolute Gasteiger partial charge is 0.313 e. The fraction of sp³-hybridized carbons (Fsp3) is 0.762. The van der Waals surface area contributed by atoms with Gasteiger partial charge in [-0.05, 0) is 31.8 Å². The van der Waals surface area contributed by atoms with Crippen LogP contribution in [0.4, 0.5) is 0 Å². The van der Waals surface area contributed by atoms with Crippen LogP contribution in [0.5, 0.6) is 0 Å². The molecule has 3 unspecified atom stereocenters. The number of hydrogen-bond acceptors (Lipinski definition) is 6. The minimum absolute atomic E-state index is 0.234. The lowest BCUT2D eigenvalue weighted by Gasteiger charge is -2.29. The molecule has 0 saturated heterocycles. The highest BCUT2D eigenvalue weighted by atomic mass is 16.6. The first-order chi connectivity index (χ1) is 13.0. The lowest BCUT2D eigenvalue weighted by molar-refractivity contribution is -0.161. The van der Waals surface area contributed by atoms with E-state index in [1.807, 2.05) is 20.8 Å². The molecule has 0 bridgehead atoms. The largest absolute Gasteiger partial charge is 0.465 e. The molecule has 0 radical (unpaired) electrons. The molecule has 1 aliphatic carbocycles. The van der Waals surface area contributed by atoms with Gasteiger partial charge in [0.2, 0.25) is 0 Å². The molecule has 6 heteroatoms. The number of rotatable bonds is 12. The normalized spacial score (nSPS) is 21.5. The van der Waals surface area contributed by atoms with E-state index in [0.717, 1.165) is 38.5 Å². The minimum Gasteiger partial charge on any atom is -0.465 e. The van der Waals surface area contributed by atoms with Crippen LogP contribution in [0.1, 0.15) is 72.1 Å². The van der Waals surface area contributed by atoms with Crippen molar-refractivity contribution in [2.24, 2.45) is 11.8 Å². The standard InChI is InChI=1S/C21H34O6/c1-4-7-10-19(22)27-18-12-11-16(20(23)25-13-8-5-2)15-17(18)21(24)26-14-9-6-3/h11-12,16-18H,4-10,13-15H2,1-3H3. The number of carbonyl (C=O) groups excluding carboxylic acids is 3. The minimum atomic E-state index is -0.692. The van der Waals surface area contributed by atoms with Gasteiger partial charge in [-0.2, -0.15) is 0 Å². The summed E-state index contributed by atoms with van der Waals surface area (Å²) in [5, 5.41) is 0. The van der Waals surface area contributed by atoms with E-state index in [4.69, 9.17) is 14.2 Å². The third-order valence-electron chi connectivity index (χ3n) is 4.53. The monoisotopic (exact) mass is 382 g/mol. The van der Waals surface area contributed by atoms with E-state index in [1.165, 1.54) is 0 Å². The lowest BCUT2D eigenvalue weighted by Crippen LogP contribution is -2.38. The van der Waals surface area contributed by atoms with Crippen molar-refractivity contribution in [1.29, 1.82) is 0 Å². The number of carbonyl (C=O) groups is 3. The van der Waals surface area contributed by atoms with Crippen molar-refractivity contribution in [1.82, 2.24) is 0 Å². The SMILES string of the molecule is CCCCOC(=O)C1C=CC(OC(=O)CCCC)C(C(=O)OCCCC)C1. The average molecular weight is 382 g/mol. The predicted molar refractivity (Wildman–Crippen MR) is 102 cm³/mol. The zero-order valence-electron chi connectivity index (χ0n) is 16.9. The van der Waals surface area contributed by atoms with Crippen LogP contribution in [0.3, 0.4) is 0 Å². The maximum atomic E-state index is 12.5. The summed E-state index contributed by atoms with van der Waals surface area (Å²) in [4.78, 5) is 36.7. The molecule has 3 atom stereocenters. The van der Waals surface area contributed by atoms with E-state index in [9.17, 15) is 14.4 Å². The number of unbranched alkanes of at least 4 members (excludes halogenated alkanes) is 3. The van der Waals surface area contributed by atoms with Crippen LogP contribution in [0.25, 0.3) is 0 Å². The number of esters is 3. The van der Waals surface area contributed by atoms with E-state index in [2.05, 4.69) is 0 Å². The second-order valence-corrected chi connectivity index (χ2v) is 6.93. The van der Waals surface area contributed by atoms with Crippen LogP contribution < -0.4 is 0 Å². The second-order valence-electron chi connectivity index (χ2n) is 6.93. The van der Waals surface area contributed by atoms with Gasteiger partial charge in [-0.25, -0.2) is 0 Å². The van der Waals surface area contributed by atoms with Gasteiger partial charge in [-0.3, -0.25) is 14.4 Å². The molecule has 0 saturated carbocycles. The molecule has 0 spiro atoms. The summed E-state index contributed by atoms with van der Waals surface area (Å²) in [5.41, 5.74) is 0. The molecule has 1 aliphatic rings. The Bertz CT molecular complexity index is 499. The Hall–Kier alpha value is -1.85. The van der Waals surface area contributed by atoms with Gasteiger partial charge in [-0.1, -0.05) is 46.1 Å². The van der Waals surface area contributed by atoms with Gasteiger partial charge in [0.15, 0.2) is 0 Å². The third-order valence-corrected chi connectivity index (χ3v) is 4.53. The molecule has 154 valence electrons. The maximum absolute atomic E-state index is 12.5. The summed E-state index contributed by atoms with van der Waals surface area (Å²) in [5.74, 6) is -2.30. The molecule has 1 rings (SSSR count). The predicted octanol–water partition coefficient (Wildman–Crippen LogP) is 3.97. The van der Waals surface area contributed by atoms with Gasteiger partial charge in [0.05, 0.1) is 25.0 Å². The van der Waals surface area contributed by atoms with Crippen LogP contribution in [-0.4, -0.2) is 37.2 Å². The summed E-state index contributed by atoms with van der Waals surface area (Å²) < 4.78 is 16.1. The van der Waals surface area contributed by atoms with Gasteiger partial charge in [-0.15, -0.1) is 0 Å². The zero-order valence-corrected chi connectivity index (χ0v) is 16.9. The Morgan fingerprint density at radius 3 is 2.04 bits per heavy atom. The highest BCUT2D eigenvalue weighted by molar-refractivity contribution is 5.79. The van der Waals surface area contributed by atoms with E-state index < -0.39 is 23.9 Å². The summed E-state index contributed by atoms with van der Waals surface area (Å²) >= 11 is 0.